The van der Waals surface area contributed by atoms with Gasteiger partial charge in [-0.3, -0.25) is 0 Å². The van der Waals surface area contributed by atoms with E-state index in [0.717, 1.165) is 24.2 Å². The van der Waals surface area contributed by atoms with Gasteiger partial charge in [-0.1, -0.05) is 174 Å². The Morgan fingerprint density at radius 1 is 0.500 bits per heavy atom. The Bertz CT molecular complexity index is 3560. The molecule has 4 aliphatic heterocycles. The van der Waals surface area contributed by atoms with E-state index < -0.39 is 8.07 Å². The molecule has 4 heterocycles. The average molecular weight is 976 g/mol. The molecule has 5 aliphatic carbocycles. The maximum Gasteiger partial charge on any atom is 0.251 e. The molecule has 7 atom stereocenters. The smallest absolute Gasteiger partial charge is 0.251 e. The molecule has 5 fully saturated rings. The number of benzene rings is 8. The summed E-state index contributed by atoms with van der Waals surface area (Å²) >= 11 is 0. The molecule has 17 rings (SSSR count). The lowest BCUT2D eigenvalue weighted by Gasteiger charge is -2.55. The van der Waals surface area contributed by atoms with Crippen LogP contribution in [-0.4, -0.2) is 26.4 Å². The molecule has 0 radical (unpaired) electrons. The molecule has 5 saturated carbocycles. The molecule has 0 aromatic heterocycles. The Kier molecular flexibility index (Phi) is 9.05. The lowest BCUT2D eigenvalue weighted by Crippen LogP contribution is -2.88. The van der Waals surface area contributed by atoms with Gasteiger partial charge in [-0.05, 0) is 182 Å². The quantitative estimate of drug-likeness (QED) is 0.154. The highest BCUT2D eigenvalue weighted by Crippen LogP contribution is 2.64. The first-order valence-corrected chi connectivity index (χ1v) is 30.3. The molecular weight excluding hydrogens is 910 g/mol. The number of nitrogens with zero attached hydrogens (tertiary/aromatic N) is 3. The fraction of sp³-hybridized carbons (Fsp3) is 0.304. The Morgan fingerprint density at radius 3 is 1.77 bits per heavy atom. The van der Waals surface area contributed by atoms with Crippen molar-refractivity contribution in [2.45, 2.75) is 108 Å². The van der Waals surface area contributed by atoms with E-state index >= 15 is 0 Å². The standard InChI is InChI=1S/C69H66BN3Si/c1-67(2,3)49-30-32-50(33-31-49)71-57-25-17-27-62-65(57)70-64-60(71)42-51(73-56-34-29-45(44-19-9-6-10-20-44)40-55(56)68(4)35-15-16-36-69(68,73)5)43-61(64)72(59-41-47-38-48-37-46(47)39-54(48)59)58-26-18-28-63(66(58)70)74(62,52-21-11-7-12-22-52)53-23-13-8-14-24-53/h6-14,17-34,40,42-43,46-48,54,59H,15-16,35-39,41H2,1-5H3. The third-order valence-electron chi connectivity index (χ3n) is 21.3. The molecule has 8 aromatic rings. The van der Waals surface area contributed by atoms with Gasteiger partial charge in [-0.15, -0.1) is 0 Å². The SMILES string of the molecule is CC(C)(C)c1ccc(N2c3cc(N4c5ccc(-c6ccccc6)cc5C5(C)CCCCC45C)cc4c3B3c5c2cccc5[Si](c2ccccc2)(c2ccccc2)c2cccc(c23)N4C2CC3CC4CC3CC42)cc1. The van der Waals surface area contributed by atoms with Crippen LogP contribution in [0.2, 0.25) is 0 Å². The van der Waals surface area contributed by atoms with Crippen molar-refractivity contribution < 1.29 is 0 Å². The van der Waals surface area contributed by atoms with Gasteiger partial charge in [0.15, 0.2) is 8.07 Å². The number of anilines is 7. The summed E-state index contributed by atoms with van der Waals surface area (Å²) in [5, 5.41) is 6.05. The summed E-state index contributed by atoms with van der Waals surface area (Å²) in [6.45, 7) is 12.4. The van der Waals surface area contributed by atoms with Crippen molar-refractivity contribution in [1.82, 2.24) is 0 Å². The van der Waals surface area contributed by atoms with Crippen LogP contribution in [0.15, 0.2) is 182 Å². The molecule has 3 nitrogen and oxygen atoms in total. The first kappa shape index (κ1) is 43.8. The zero-order valence-corrected chi connectivity index (χ0v) is 44.8. The van der Waals surface area contributed by atoms with Gasteiger partial charge in [0, 0.05) is 51.3 Å². The number of hydrogen-bond acceptors (Lipinski definition) is 3. The van der Waals surface area contributed by atoms with Gasteiger partial charge >= 0.3 is 0 Å². The predicted octanol–water partition coefficient (Wildman–Crippen LogP) is 12.3. The molecule has 8 aromatic carbocycles. The van der Waals surface area contributed by atoms with Gasteiger partial charge in [0.2, 0.25) is 0 Å². The van der Waals surface area contributed by atoms with Crippen LogP contribution in [0.1, 0.15) is 97.1 Å². The van der Waals surface area contributed by atoms with E-state index in [-0.39, 0.29) is 23.1 Å². The molecule has 364 valence electrons. The number of hydrogen-bond donors (Lipinski definition) is 0. The highest BCUT2D eigenvalue weighted by molar-refractivity contribution is 7.27. The Hall–Kier alpha value is -6.56. The maximum atomic E-state index is 3.04. The predicted molar refractivity (Wildman–Crippen MR) is 315 cm³/mol. The van der Waals surface area contributed by atoms with Crippen LogP contribution in [0.3, 0.4) is 0 Å². The van der Waals surface area contributed by atoms with Crippen LogP contribution < -0.4 is 51.8 Å². The van der Waals surface area contributed by atoms with Crippen molar-refractivity contribution >= 4 is 91.7 Å². The first-order chi connectivity index (χ1) is 36.1. The molecule has 74 heavy (non-hydrogen) atoms. The number of rotatable bonds is 6. The largest absolute Gasteiger partial charge is 0.339 e. The minimum atomic E-state index is -2.92. The molecule has 5 heteroatoms. The van der Waals surface area contributed by atoms with Crippen molar-refractivity contribution in [1.29, 1.82) is 0 Å². The monoisotopic (exact) mass is 976 g/mol. The van der Waals surface area contributed by atoms with Crippen LogP contribution in [0.25, 0.3) is 11.1 Å². The fourth-order valence-corrected chi connectivity index (χ4v) is 23.2. The second-order valence-electron chi connectivity index (χ2n) is 25.5. The van der Waals surface area contributed by atoms with Crippen molar-refractivity contribution in [2.75, 3.05) is 14.7 Å². The highest BCUT2D eigenvalue weighted by Gasteiger charge is 2.62. The fourth-order valence-electron chi connectivity index (χ4n) is 17.9. The summed E-state index contributed by atoms with van der Waals surface area (Å²) in [5.41, 5.74) is 19.7. The Morgan fingerprint density at radius 2 is 1.12 bits per heavy atom. The lowest BCUT2D eigenvalue weighted by molar-refractivity contribution is 0.133. The summed E-state index contributed by atoms with van der Waals surface area (Å²) in [6, 6.07) is 72.9. The summed E-state index contributed by atoms with van der Waals surface area (Å²) in [4.78, 5) is 8.67. The molecule has 7 unspecified atom stereocenters. The van der Waals surface area contributed by atoms with Crippen LogP contribution in [0.4, 0.5) is 39.8 Å². The van der Waals surface area contributed by atoms with Crippen molar-refractivity contribution in [3.05, 3.63) is 193 Å². The lowest BCUT2D eigenvalue weighted by atomic mass is 9.33. The van der Waals surface area contributed by atoms with Crippen LogP contribution in [0.5, 0.6) is 0 Å². The number of fused-ring (bicyclic) bond motifs is 4. The average Bonchev–Trinajstić information content (AvgIpc) is 4.21. The van der Waals surface area contributed by atoms with E-state index in [4.69, 9.17) is 0 Å². The Labute approximate surface area is 440 Å². The highest BCUT2D eigenvalue weighted by atomic mass is 28.3. The van der Waals surface area contributed by atoms with Gasteiger partial charge < -0.3 is 14.7 Å². The molecule has 9 aliphatic rings. The zero-order valence-electron chi connectivity index (χ0n) is 43.8. The van der Waals surface area contributed by atoms with Crippen LogP contribution in [0, 0.1) is 23.7 Å². The Balaban J connectivity index is 1.02. The first-order valence-electron chi connectivity index (χ1n) is 28.3. The van der Waals surface area contributed by atoms with E-state index in [1.54, 1.807) is 15.8 Å². The molecule has 0 amide bonds. The van der Waals surface area contributed by atoms with E-state index in [1.807, 2.05) is 0 Å². The molecule has 0 saturated heterocycles. The summed E-state index contributed by atoms with van der Waals surface area (Å²) < 4.78 is 0. The topological polar surface area (TPSA) is 9.72 Å². The van der Waals surface area contributed by atoms with E-state index in [1.165, 1.54) is 128 Å². The van der Waals surface area contributed by atoms with Gasteiger partial charge in [0.05, 0.1) is 5.54 Å². The maximum absolute atomic E-state index is 3.04. The third kappa shape index (κ3) is 5.59. The molecular formula is C69H66BN3Si. The molecule has 0 N–H and O–H groups in total. The van der Waals surface area contributed by atoms with Gasteiger partial charge in [-0.25, -0.2) is 0 Å². The van der Waals surface area contributed by atoms with Crippen LogP contribution >= 0.6 is 0 Å². The van der Waals surface area contributed by atoms with E-state index in [2.05, 4.69) is 231 Å². The molecule has 4 bridgehead atoms. The van der Waals surface area contributed by atoms with Crippen molar-refractivity contribution in [3.63, 3.8) is 0 Å². The summed E-state index contributed by atoms with van der Waals surface area (Å²) in [5.74, 6) is 3.27. The third-order valence-corrected chi connectivity index (χ3v) is 26.2. The van der Waals surface area contributed by atoms with Gasteiger partial charge in [-0.2, -0.15) is 0 Å². The zero-order chi connectivity index (χ0) is 49.5. The van der Waals surface area contributed by atoms with Crippen molar-refractivity contribution in [2.24, 2.45) is 23.7 Å². The summed E-state index contributed by atoms with van der Waals surface area (Å²) in [7, 11) is -2.92. The second-order valence-corrected chi connectivity index (χ2v) is 29.2. The van der Waals surface area contributed by atoms with E-state index in [9.17, 15) is 0 Å². The second kappa shape index (κ2) is 15.3. The van der Waals surface area contributed by atoms with Crippen LogP contribution in [-0.2, 0) is 10.8 Å². The minimum Gasteiger partial charge on any atom is -0.339 e. The van der Waals surface area contributed by atoms with E-state index in [0.29, 0.717) is 12.0 Å². The minimum absolute atomic E-state index is 0.0145. The molecule has 0 spiro atoms. The van der Waals surface area contributed by atoms with Gasteiger partial charge in [0.25, 0.3) is 6.71 Å². The van der Waals surface area contributed by atoms with Gasteiger partial charge in [0.1, 0.15) is 0 Å². The normalized spacial score (nSPS) is 26.8. The van der Waals surface area contributed by atoms with Crippen molar-refractivity contribution in [3.8, 4) is 11.1 Å². The summed E-state index contributed by atoms with van der Waals surface area (Å²) in [6.07, 6.45) is 10.4.